The highest BCUT2D eigenvalue weighted by atomic mass is 19.4. The molecule has 2 rings (SSSR count). The molecule has 0 spiro atoms. The molecular formula is C20H24F3N9O2. The molecule has 1 amide bonds. The number of ether oxygens (including phenoxy) is 1. The summed E-state index contributed by atoms with van der Waals surface area (Å²) in [5.41, 5.74) is 20.7. The van der Waals surface area contributed by atoms with Crippen molar-refractivity contribution < 1.29 is 22.7 Å². The fraction of sp³-hybridized carbons (Fsp3) is 0.350. The molecule has 0 aliphatic carbocycles. The van der Waals surface area contributed by atoms with Crippen LogP contribution in [0.5, 0.6) is 5.88 Å². The van der Waals surface area contributed by atoms with Gasteiger partial charge in [-0.1, -0.05) is 6.07 Å². The summed E-state index contributed by atoms with van der Waals surface area (Å²) in [6.07, 6.45) is -4.42. The third-order valence-electron chi connectivity index (χ3n) is 4.52. The zero-order valence-electron chi connectivity index (χ0n) is 18.2. The van der Waals surface area contributed by atoms with Crippen LogP contribution in [0.2, 0.25) is 0 Å². The Bertz CT molecular complexity index is 1100. The van der Waals surface area contributed by atoms with Gasteiger partial charge in [0, 0.05) is 12.2 Å². The van der Waals surface area contributed by atoms with Crippen molar-refractivity contribution in [1.82, 2.24) is 9.97 Å². The van der Waals surface area contributed by atoms with Crippen molar-refractivity contribution in [3.05, 3.63) is 35.4 Å². The fourth-order valence-electron chi connectivity index (χ4n) is 3.13. The summed E-state index contributed by atoms with van der Waals surface area (Å²) in [6, 6.07) is 4.78. The molecule has 1 atom stereocenters. The van der Waals surface area contributed by atoms with Crippen LogP contribution in [0.1, 0.15) is 30.9 Å². The van der Waals surface area contributed by atoms with Gasteiger partial charge in [-0.3, -0.25) is 9.79 Å². The molecule has 11 nitrogen and oxygen atoms in total. The molecule has 0 aliphatic heterocycles. The monoisotopic (exact) mass is 479 g/mol. The van der Waals surface area contributed by atoms with Crippen molar-refractivity contribution in [2.75, 3.05) is 23.8 Å². The van der Waals surface area contributed by atoms with E-state index in [0.717, 1.165) is 23.1 Å². The zero-order chi connectivity index (χ0) is 25.5. The molecule has 1 heterocycles. The average Bonchev–Trinajstić information content (AvgIpc) is 2.75. The molecule has 182 valence electrons. The fourth-order valence-corrected chi connectivity index (χ4v) is 3.13. The number of halogens is 3. The highest BCUT2D eigenvalue weighted by Crippen LogP contribution is 2.37. The van der Waals surface area contributed by atoms with Gasteiger partial charge in [-0.05, 0) is 38.0 Å². The Morgan fingerprint density at radius 1 is 1.29 bits per heavy atom. The standard InChI is InChI=1S/C20H24F3N9O2/c1-2-34-17-13(10-24)16(30-19(28)31-17)32(12-6-3-5-11(9-12)20(21,22)23)14(15(25)33)7-4-8-29-18(26)27/h3,5-6,9,14H,2,4,7-8H2,1H3,(H2,25,33)(H4,26,27,29)(H2,28,30,31)/t14-/m0/s1. The minimum Gasteiger partial charge on any atom is -0.477 e. The van der Waals surface area contributed by atoms with E-state index in [1.807, 2.05) is 6.07 Å². The van der Waals surface area contributed by atoms with Gasteiger partial charge in [0.05, 0.1) is 12.2 Å². The van der Waals surface area contributed by atoms with E-state index in [0.29, 0.717) is 0 Å². The number of nitrogen functional groups attached to an aromatic ring is 1. The largest absolute Gasteiger partial charge is 0.477 e. The van der Waals surface area contributed by atoms with Crippen molar-refractivity contribution in [1.29, 1.82) is 5.26 Å². The first-order valence-corrected chi connectivity index (χ1v) is 10.0. The second-order valence-electron chi connectivity index (χ2n) is 6.92. The first-order valence-electron chi connectivity index (χ1n) is 10.0. The van der Waals surface area contributed by atoms with Crippen LogP contribution in [0.15, 0.2) is 29.3 Å². The number of amides is 1. The number of guanidine groups is 1. The molecule has 34 heavy (non-hydrogen) atoms. The van der Waals surface area contributed by atoms with Crippen molar-refractivity contribution >= 4 is 29.3 Å². The molecule has 1 aromatic heterocycles. The van der Waals surface area contributed by atoms with Gasteiger partial charge in [-0.15, -0.1) is 0 Å². The summed E-state index contributed by atoms with van der Waals surface area (Å²) < 4.78 is 45.6. The molecule has 0 radical (unpaired) electrons. The van der Waals surface area contributed by atoms with Gasteiger partial charge in [0.1, 0.15) is 12.1 Å². The highest BCUT2D eigenvalue weighted by Gasteiger charge is 2.34. The summed E-state index contributed by atoms with van der Waals surface area (Å²) >= 11 is 0. The number of carbonyl (C=O) groups is 1. The lowest BCUT2D eigenvalue weighted by Crippen LogP contribution is -2.43. The van der Waals surface area contributed by atoms with Crippen LogP contribution < -0.4 is 32.6 Å². The molecule has 1 aromatic carbocycles. The molecule has 0 fully saturated rings. The number of nitrogens with zero attached hydrogens (tertiary/aromatic N) is 5. The van der Waals surface area contributed by atoms with Gasteiger partial charge >= 0.3 is 6.18 Å². The van der Waals surface area contributed by atoms with Crippen LogP contribution in [-0.4, -0.2) is 41.0 Å². The summed E-state index contributed by atoms with van der Waals surface area (Å²) in [5, 5.41) is 9.77. The minimum atomic E-state index is -4.67. The zero-order valence-corrected chi connectivity index (χ0v) is 18.2. The number of aromatic nitrogens is 2. The van der Waals surface area contributed by atoms with E-state index >= 15 is 0 Å². The molecule has 0 unspecified atom stereocenters. The van der Waals surface area contributed by atoms with E-state index in [2.05, 4.69) is 15.0 Å². The number of primary amides is 1. The van der Waals surface area contributed by atoms with Gasteiger partial charge in [-0.25, -0.2) is 0 Å². The first-order chi connectivity index (χ1) is 16.0. The van der Waals surface area contributed by atoms with Gasteiger partial charge in [0.2, 0.25) is 17.7 Å². The van der Waals surface area contributed by atoms with Gasteiger partial charge < -0.3 is 32.6 Å². The van der Waals surface area contributed by atoms with Crippen LogP contribution >= 0.6 is 0 Å². The predicted molar refractivity (Wildman–Crippen MR) is 119 cm³/mol. The van der Waals surface area contributed by atoms with Gasteiger partial charge in [0.25, 0.3) is 0 Å². The van der Waals surface area contributed by atoms with Crippen molar-refractivity contribution in [3.63, 3.8) is 0 Å². The highest BCUT2D eigenvalue weighted by molar-refractivity contribution is 5.87. The first kappa shape index (κ1) is 26.0. The number of hydrogen-bond acceptors (Lipinski definition) is 8. The normalized spacial score (nSPS) is 11.9. The van der Waals surface area contributed by atoms with Crippen LogP contribution in [0, 0.1) is 11.3 Å². The maximum absolute atomic E-state index is 13.4. The third-order valence-corrected chi connectivity index (χ3v) is 4.52. The van der Waals surface area contributed by atoms with E-state index in [-0.39, 0.29) is 60.8 Å². The van der Waals surface area contributed by atoms with Crippen molar-refractivity contribution in [3.8, 4) is 11.9 Å². The lowest BCUT2D eigenvalue weighted by Gasteiger charge is -2.32. The second-order valence-corrected chi connectivity index (χ2v) is 6.92. The molecule has 0 bridgehead atoms. The van der Waals surface area contributed by atoms with Crippen LogP contribution in [-0.2, 0) is 11.0 Å². The van der Waals surface area contributed by atoms with Gasteiger partial charge in [-0.2, -0.15) is 28.4 Å². The van der Waals surface area contributed by atoms with E-state index in [9.17, 15) is 23.2 Å². The van der Waals surface area contributed by atoms with Crippen LogP contribution in [0.3, 0.4) is 0 Å². The Morgan fingerprint density at radius 3 is 2.56 bits per heavy atom. The van der Waals surface area contributed by atoms with E-state index in [1.54, 1.807) is 6.92 Å². The number of hydrogen-bond donors (Lipinski definition) is 4. The SMILES string of the molecule is CCOc1nc(N)nc(N(c2cccc(C(F)(F)F)c2)[C@@H](CCCN=C(N)N)C(N)=O)c1C#N. The summed E-state index contributed by atoms with van der Waals surface area (Å²) in [7, 11) is 0. The number of aliphatic imine (C=N–C) groups is 1. The predicted octanol–water partition coefficient (Wildman–Crippen LogP) is 1.39. The molecule has 0 saturated heterocycles. The Kier molecular flexibility index (Phi) is 8.43. The summed E-state index contributed by atoms with van der Waals surface area (Å²) in [4.78, 5) is 25.4. The number of alkyl halides is 3. The molecule has 0 saturated carbocycles. The molecular weight excluding hydrogens is 455 g/mol. The number of nitrogens with two attached hydrogens (primary N) is 4. The number of rotatable bonds is 10. The number of anilines is 3. The number of nitriles is 1. The Morgan fingerprint density at radius 2 is 2.00 bits per heavy atom. The average molecular weight is 479 g/mol. The summed E-state index contributed by atoms with van der Waals surface area (Å²) in [6.45, 7) is 1.88. The number of benzene rings is 1. The van der Waals surface area contributed by atoms with Crippen molar-refractivity contribution in [2.24, 2.45) is 22.2 Å². The minimum absolute atomic E-state index is 0.0150. The van der Waals surface area contributed by atoms with Gasteiger partial charge in [0.15, 0.2) is 17.3 Å². The van der Waals surface area contributed by atoms with Crippen LogP contribution in [0.4, 0.5) is 30.6 Å². The maximum atomic E-state index is 13.4. The molecule has 8 N–H and O–H groups in total. The smallest absolute Gasteiger partial charge is 0.416 e. The molecule has 0 aliphatic rings. The van der Waals surface area contributed by atoms with Crippen molar-refractivity contribution in [2.45, 2.75) is 32.0 Å². The Balaban J connectivity index is 2.74. The topological polar surface area (TPSA) is 196 Å². The number of carbonyl (C=O) groups excluding carboxylic acids is 1. The molecule has 14 heteroatoms. The van der Waals surface area contributed by atoms with E-state index < -0.39 is 23.7 Å². The maximum Gasteiger partial charge on any atom is 0.416 e. The third kappa shape index (κ3) is 6.37. The lowest BCUT2D eigenvalue weighted by molar-refractivity contribution is -0.137. The Labute approximate surface area is 193 Å². The van der Waals surface area contributed by atoms with E-state index in [4.69, 9.17) is 27.7 Å². The summed E-state index contributed by atoms with van der Waals surface area (Å²) in [5.74, 6) is -1.79. The van der Waals surface area contributed by atoms with Crippen LogP contribution in [0.25, 0.3) is 0 Å². The second kappa shape index (κ2) is 11.0. The molecule has 2 aromatic rings. The lowest BCUT2D eigenvalue weighted by atomic mass is 10.1. The quantitative estimate of drug-likeness (QED) is 0.221. The Hall–Kier alpha value is -4.28. The van der Waals surface area contributed by atoms with E-state index in [1.165, 1.54) is 6.07 Å².